The van der Waals surface area contributed by atoms with Crippen LogP contribution in [-0.4, -0.2) is 34.7 Å². The Kier molecular flexibility index (Phi) is 4.59. The first-order valence-electron chi connectivity index (χ1n) is 8.96. The first-order valence-corrected chi connectivity index (χ1v) is 8.96. The van der Waals surface area contributed by atoms with E-state index in [-0.39, 0.29) is 11.9 Å². The molecule has 6 heteroatoms. The minimum absolute atomic E-state index is 0.0978. The van der Waals surface area contributed by atoms with Crippen LogP contribution in [0.5, 0.6) is 11.5 Å². The quantitative estimate of drug-likeness (QED) is 0.925. The zero-order chi connectivity index (χ0) is 17.1. The van der Waals surface area contributed by atoms with Gasteiger partial charge in [0.25, 0.3) is 0 Å². The van der Waals surface area contributed by atoms with E-state index in [4.69, 9.17) is 9.47 Å². The van der Waals surface area contributed by atoms with E-state index in [0.29, 0.717) is 26.1 Å². The summed E-state index contributed by atoms with van der Waals surface area (Å²) in [5, 5.41) is 3.15. The predicted molar refractivity (Wildman–Crippen MR) is 92.8 cm³/mol. The highest BCUT2D eigenvalue weighted by molar-refractivity contribution is 5.76. The van der Waals surface area contributed by atoms with E-state index < -0.39 is 0 Å². The van der Waals surface area contributed by atoms with Crippen LogP contribution in [-0.2, 0) is 24.2 Å². The van der Waals surface area contributed by atoms with Gasteiger partial charge in [-0.3, -0.25) is 4.79 Å². The maximum absolute atomic E-state index is 12.3. The zero-order valence-corrected chi connectivity index (χ0v) is 14.2. The summed E-state index contributed by atoms with van der Waals surface area (Å²) in [7, 11) is 0. The highest BCUT2D eigenvalue weighted by atomic mass is 16.5. The third-order valence-corrected chi connectivity index (χ3v) is 4.75. The number of hydrogen-bond donors (Lipinski definition) is 1. The fraction of sp³-hybridized carbons (Fsp3) is 0.474. The lowest BCUT2D eigenvalue weighted by molar-refractivity contribution is -0.122. The van der Waals surface area contributed by atoms with Crippen molar-refractivity contribution in [2.45, 2.75) is 44.7 Å². The summed E-state index contributed by atoms with van der Waals surface area (Å²) in [5.41, 5.74) is 1.10. The Morgan fingerprint density at radius 2 is 2.16 bits per heavy atom. The van der Waals surface area contributed by atoms with Crippen LogP contribution in [0.3, 0.4) is 0 Å². The molecule has 1 amide bonds. The molecule has 25 heavy (non-hydrogen) atoms. The summed E-state index contributed by atoms with van der Waals surface area (Å²) in [4.78, 5) is 16.6. The monoisotopic (exact) mass is 341 g/mol. The summed E-state index contributed by atoms with van der Waals surface area (Å²) in [6.07, 6.45) is 7.74. The molecule has 0 aliphatic carbocycles. The number of ether oxygens (including phenoxy) is 2. The van der Waals surface area contributed by atoms with Crippen LogP contribution in [0.2, 0.25) is 0 Å². The Hall–Kier alpha value is -2.50. The molecular formula is C19H23N3O3. The Labute approximate surface area is 147 Å². The number of imidazole rings is 1. The van der Waals surface area contributed by atoms with Crippen LogP contribution in [0.1, 0.15) is 30.7 Å². The Balaban J connectivity index is 1.30. The molecule has 0 saturated heterocycles. The Bertz CT molecular complexity index is 756. The molecule has 132 valence electrons. The standard InChI is InChI=1S/C19H23N3O3/c23-19(21-15-4-6-18-20-8-9-22(18)13-15)7-3-14-2-5-16-17(12-14)25-11-1-10-24-16/h2,5,8-9,12,15H,1,3-4,6-7,10-11,13H2,(H,21,23). The van der Waals surface area contributed by atoms with Crippen molar-refractivity contribution in [1.82, 2.24) is 14.9 Å². The van der Waals surface area contributed by atoms with Gasteiger partial charge in [-0.2, -0.15) is 0 Å². The molecular weight excluding hydrogens is 318 g/mol. The van der Waals surface area contributed by atoms with Gasteiger partial charge in [0, 0.05) is 44.2 Å². The number of amides is 1. The molecule has 2 aliphatic rings. The van der Waals surface area contributed by atoms with Crippen LogP contribution >= 0.6 is 0 Å². The lowest BCUT2D eigenvalue weighted by Gasteiger charge is -2.24. The van der Waals surface area contributed by atoms with Crippen molar-refractivity contribution < 1.29 is 14.3 Å². The molecule has 0 fully saturated rings. The zero-order valence-electron chi connectivity index (χ0n) is 14.2. The average molecular weight is 341 g/mol. The number of nitrogens with one attached hydrogen (secondary N) is 1. The smallest absolute Gasteiger partial charge is 0.220 e. The number of carbonyl (C=O) groups is 1. The van der Waals surface area contributed by atoms with Gasteiger partial charge in [-0.05, 0) is 30.5 Å². The van der Waals surface area contributed by atoms with E-state index in [1.54, 1.807) is 0 Å². The van der Waals surface area contributed by atoms with Crippen molar-refractivity contribution in [3.05, 3.63) is 42.0 Å². The third-order valence-electron chi connectivity index (χ3n) is 4.75. The van der Waals surface area contributed by atoms with Gasteiger partial charge in [-0.1, -0.05) is 6.07 Å². The Morgan fingerprint density at radius 1 is 1.28 bits per heavy atom. The molecule has 1 atom stereocenters. The van der Waals surface area contributed by atoms with Gasteiger partial charge in [0.15, 0.2) is 11.5 Å². The second-order valence-corrected chi connectivity index (χ2v) is 6.63. The van der Waals surface area contributed by atoms with Crippen molar-refractivity contribution in [2.24, 2.45) is 0 Å². The second kappa shape index (κ2) is 7.17. The van der Waals surface area contributed by atoms with Gasteiger partial charge in [0.2, 0.25) is 5.91 Å². The number of fused-ring (bicyclic) bond motifs is 2. The first-order chi connectivity index (χ1) is 12.3. The number of benzene rings is 1. The van der Waals surface area contributed by atoms with Gasteiger partial charge in [0.05, 0.1) is 13.2 Å². The summed E-state index contributed by atoms with van der Waals surface area (Å²) in [5.74, 6) is 2.79. The fourth-order valence-electron chi connectivity index (χ4n) is 3.41. The lowest BCUT2D eigenvalue weighted by atomic mass is 10.1. The van der Waals surface area contributed by atoms with E-state index in [1.165, 1.54) is 0 Å². The number of rotatable bonds is 4. The average Bonchev–Trinajstić information content (AvgIpc) is 2.96. The van der Waals surface area contributed by atoms with Crippen molar-refractivity contribution >= 4 is 5.91 Å². The Morgan fingerprint density at radius 3 is 3.08 bits per heavy atom. The highest BCUT2D eigenvalue weighted by Crippen LogP contribution is 2.30. The van der Waals surface area contributed by atoms with Crippen molar-refractivity contribution in [3.8, 4) is 11.5 Å². The second-order valence-electron chi connectivity index (χ2n) is 6.63. The highest BCUT2D eigenvalue weighted by Gasteiger charge is 2.20. The fourth-order valence-corrected chi connectivity index (χ4v) is 3.41. The van der Waals surface area contributed by atoms with Crippen molar-refractivity contribution in [2.75, 3.05) is 13.2 Å². The molecule has 0 saturated carbocycles. The molecule has 6 nitrogen and oxygen atoms in total. The molecule has 4 rings (SSSR count). The van der Waals surface area contributed by atoms with Gasteiger partial charge in [0.1, 0.15) is 5.82 Å². The normalized spacial score (nSPS) is 19.0. The molecule has 3 heterocycles. The van der Waals surface area contributed by atoms with E-state index in [1.807, 2.05) is 30.6 Å². The molecule has 1 N–H and O–H groups in total. The van der Waals surface area contributed by atoms with Gasteiger partial charge < -0.3 is 19.4 Å². The molecule has 1 unspecified atom stereocenters. The van der Waals surface area contributed by atoms with Crippen LogP contribution in [0.15, 0.2) is 30.6 Å². The number of hydrogen-bond acceptors (Lipinski definition) is 4. The molecule has 0 radical (unpaired) electrons. The molecule has 1 aromatic heterocycles. The van der Waals surface area contributed by atoms with E-state index >= 15 is 0 Å². The maximum Gasteiger partial charge on any atom is 0.220 e. The number of carbonyl (C=O) groups excluding carboxylic acids is 1. The molecule has 0 bridgehead atoms. The van der Waals surface area contributed by atoms with Crippen molar-refractivity contribution in [3.63, 3.8) is 0 Å². The van der Waals surface area contributed by atoms with E-state index in [0.717, 1.165) is 48.7 Å². The number of aromatic nitrogens is 2. The first kappa shape index (κ1) is 16.0. The van der Waals surface area contributed by atoms with Crippen LogP contribution < -0.4 is 14.8 Å². The van der Waals surface area contributed by atoms with Crippen LogP contribution in [0, 0.1) is 0 Å². The summed E-state index contributed by atoms with van der Waals surface area (Å²) in [6, 6.07) is 6.14. The largest absolute Gasteiger partial charge is 0.490 e. The van der Waals surface area contributed by atoms with Crippen LogP contribution in [0.4, 0.5) is 0 Å². The SMILES string of the molecule is O=C(CCc1ccc2c(c1)OCCCO2)NC1CCc2nccn2C1. The summed E-state index contributed by atoms with van der Waals surface area (Å²) < 4.78 is 13.5. The van der Waals surface area contributed by atoms with E-state index in [9.17, 15) is 4.79 Å². The van der Waals surface area contributed by atoms with Crippen LogP contribution in [0.25, 0.3) is 0 Å². The third kappa shape index (κ3) is 3.78. The molecule has 2 aromatic rings. The van der Waals surface area contributed by atoms with Gasteiger partial charge >= 0.3 is 0 Å². The number of nitrogens with zero attached hydrogens (tertiary/aromatic N) is 2. The summed E-state index contributed by atoms with van der Waals surface area (Å²) in [6.45, 7) is 2.18. The van der Waals surface area contributed by atoms with Gasteiger partial charge in [-0.15, -0.1) is 0 Å². The predicted octanol–water partition coefficient (Wildman–Crippen LogP) is 2.11. The lowest BCUT2D eigenvalue weighted by Crippen LogP contribution is -2.40. The topological polar surface area (TPSA) is 65.4 Å². The minimum atomic E-state index is 0.0978. The van der Waals surface area contributed by atoms with E-state index in [2.05, 4.69) is 14.9 Å². The molecule has 2 aliphatic heterocycles. The molecule has 1 aromatic carbocycles. The van der Waals surface area contributed by atoms with Crippen molar-refractivity contribution in [1.29, 1.82) is 0 Å². The van der Waals surface area contributed by atoms with Gasteiger partial charge in [-0.25, -0.2) is 4.98 Å². The maximum atomic E-state index is 12.3. The molecule has 0 spiro atoms. The number of aryl methyl sites for hydroxylation is 2. The minimum Gasteiger partial charge on any atom is -0.490 e. The summed E-state index contributed by atoms with van der Waals surface area (Å²) >= 11 is 0.